The van der Waals surface area contributed by atoms with E-state index in [1.54, 1.807) is 0 Å². The number of aryl methyl sites for hydroxylation is 3. The molecule has 0 saturated carbocycles. The Morgan fingerprint density at radius 3 is 2.95 bits per heavy atom. The third-order valence-corrected chi connectivity index (χ3v) is 5.41. The zero-order chi connectivity index (χ0) is 15.9. The van der Waals surface area contributed by atoms with Crippen molar-refractivity contribution in [3.63, 3.8) is 0 Å². The van der Waals surface area contributed by atoms with Crippen LogP contribution in [0, 0.1) is 13.8 Å². The van der Waals surface area contributed by atoms with Crippen molar-refractivity contribution in [1.29, 1.82) is 0 Å². The van der Waals surface area contributed by atoms with E-state index in [1.807, 2.05) is 14.0 Å². The van der Waals surface area contributed by atoms with E-state index in [-0.39, 0.29) is 0 Å². The molecule has 0 bridgehead atoms. The minimum Gasteiger partial charge on any atom is -0.356 e. The Morgan fingerprint density at radius 2 is 2.32 bits per heavy atom. The number of aliphatic imine (C=N–C) groups is 1. The van der Waals surface area contributed by atoms with Crippen LogP contribution in [0.15, 0.2) is 11.1 Å². The highest BCUT2D eigenvalue weighted by molar-refractivity contribution is 8.00. The number of hydrogen-bond acceptors (Lipinski definition) is 3. The molecule has 1 atom stereocenters. The summed E-state index contributed by atoms with van der Waals surface area (Å²) in [6.45, 7) is 10.5. The van der Waals surface area contributed by atoms with Gasteiger partial charge in [0.1, 0.15) is 0 Å². The fraction of sp³-hybridized carbons (Fsp3) is 0.750. The van der Waals surface area contributed by atoms with Gasteiger partial charge in [-0.2, -0.15) is 16.9 Å². The van der Waals surface area contributed by atoms with E-state index in [0.717, 1.165) is 49.5 Å². The van der Waals surface area contributed by atoms with Crippen molar-refractivity contribution in [2.24, 2.45) is 4.99 Å². The van der Waals surface area contributed by atoms with Crippen molar-refractivity contribution in [2.45, 2.75) is 45.4 Å². The quantitative estimate of drug-likeness (QED) is 0.513. The Morgan fingerprint density at radius 1 is 1.50 bits per heavy atom. The molecule has 1 aromatic heterocycles. The van der Waals surface area contributed by atoms with Gasteiger partial charge >= 0.3 is 0 Å². The van der Waals surface area contributed by atoms with E-state index in [2.05, 4.69) is 56.7 Å². The summed E-state index contributed by atoms with van der Waals surface area (Å²) in [5.41, 5.74) is 2.33. The zero-order valence-electron chi connectivity index (χ0n) is 14.3. The fourth-order valence-corrected chi connectivity index (χ4v) is 4.00. The first-order valence-electron chi connectivity index (χ1n) is 8.22. The van der Waals surface area contributed by atoms with Gasteiger partial charge in [0.15, 0.2) is 5.96 Å². The summed E-state index contributed by atoms with van der Waals surface area (Å²) in [7, 11) is 1.88. The molecule has 1 aromatic rings. The number of nitrogens with zero attached hydrogens (tertiary/aromatic N) is 4. The summed E-state index contributed by atoms with van der Waals surface area (Å²) in [5, 5.41) is 8.75. The highest BCUT2D eigenvalue weighted by Gasteiger charge is 2.21. The largest absolute Gasteiger partial charge is 0.356 e. The molecule has 1 saturated heterocycles. The van der Waals surface area contributed by atoms with Crippen LogP contribution in [-0.4, -0.2) is 58.3 Å². The van der Waals surface area contributed by atoms with Crippen LogP contribution < -0.4 is 5.32 Å². The molecule has 2 rings (SSSR count). The van der Waals surface area contributed by atoms with Crippen molar-refractivity contribution in [3.8, 4) is 0 Å². The molecule has 0 amide bonds. The topological polar surface area (TPSA) is 45.5 Å². The Kier molecular flexibility index (Phi) is 6.61. The first-order chi connectivity index (χ1) is 10.6. The SMILES string of the molecule is CCC1CN(C(=NC)NCCCn2nc(C)cc2C)CCS1. The smallest absolute Gasteiger partial charge is 0.193 e. The van der Waals surface area contributed by atoms with Gasteiger partial charge in [-0.3, -0.25) is 9.67 Å². The van der Waals surface area contributed by atoms with Gasteiger partial charge in [0.05, 0.1) is 5.69 Å². The Hall–Kier alpha value is -1.17. The summed E-state index contributed by atoms with van der Waals surface area (Å²) in [6.07, 6.45) is 2.29. The summed E-state index contributed by atoms with van der Waals surface area (Å²) in [4.78, 5) is 6.84. The average Bonchev–Trinajstić information content (AvgIpc) is 2.85. The molecular weight excluding hydrogens is 294 g/mol. The van der Waals surface area contributed by atoms with Crippen molar-refractivity contribution in [3.05, 3.63) is 17.5 Å². The minimum absolute atomic E-state index is 0.738. The lowest BCUT2D eigenvalue weighted by Crippen LogP contribution is -2.48. The second kappa shape index (κ2) is 8.46. The lowest BCUT2D eigenvalue weighted by molar-refractivity contribution is 0.406. The van der Waals surface area contributed by atoms with Gasteiger partial charge in [-0.05, 0) is 32.8 Å². The summed E-state index contributed by atoms with van der Waals surface area (Å²) in [5.74, 6) is 2.25. The van der Waals surface area contributed by atoms with Crippen LogP contribution in [-0.2, 0) is 6.54 Å². The van der Waals surface area contributed by atoms with Crippen LogP contribution in [0.2, 0.25) is 0 Å². The molecule has 22 heavy (non-hydrogen) atoms. The minimum atomic E-state index is 0.738. The standard InChI is InChI=1S/C16H29N5S/c1-5-15-12-20(9-10-22-15)16(17-4)18-7-6-8-21-14(3)11-13(2)19-21/h11,15H,5-10,12H2,1-4H3,(H,17,18). The van der Waals surface area contributed by atoms with Crippen LogP contribution in [0.25, 0.3) is 0 Å². The Balaban J connectivity index is 1.76. The molecule has 1 unspecified atom stereocenters. The predicted molar refractivity (Wildman–Crippen MR) is 95.8 cm³/mol. The molecule has 0 aliphatic carbocycles. The van der Waals surface area contributed by atoms with Crippen molar-refractivity contribution in [1.82, 2.24) is 20.0 Å². The van der Waals surface area contributed by atoms with Crippen molar-refractivity contribution >= 4 is 17.7 Å². The zero-order valence-corrected chi connectivity index (χ0v) is 15.1. The summed E-state index contributed by atoms with van der Waals surface area (Å²) in [6, 6.07) is 2.13. The number of aromatic nitrogens is 2. The van der Waals surface area contributed by atoms with Gasteiger partial charge in [0, 0.05) is 49.9 Å². The van der Waals surface area contributed by atoms with Gasteiger partial charge in [-0.15, -0.1) is 0 Å². The van der Waals surface area contributed by atoms with Gasteiger partial charge in [-0.1, -0.05) is 6.92 Å². The Bertz CT molecular complexity index is 497. The summed E-state index contributed by atoms with van der Waals surface area (Å²) >= 11 is 2.09. The molecule has 1 N–H and O–H groups in total. The first-order valence-corrected chi connectivity index (χ1v) is 9.27. The lowest BCUT2D eigenvalue weighted by atomic mass is 10.3. The molecule has 5 nitrogen and oxygen atoms in total. The maximum atomic E-state index is 4.50. The van der Waals surface area contributed by atoms with Crippen molar-refractivity contribution in [2.75, 3.05) is 32.4 Å². The monoisotopic (exact) mass is 323 g/mol. The number of rotatable bonds is 5. The van der Waals surface area contributed by atoms with Gasteiger partial charge in [-0.25, -0.2) is 0 Å². The molecule has 0 aromatic carbocycles. The van der Waals surface area contributed by atoms with Gasteiger partial charge in [0.2, 0.25) is 0 Å². The van der Waals surface area contributed by atoms with Crippen LogP contribution in [0.3, 0.4) is 0 Å². The van der Waals surface area contributed by atoms with E-state index in [9.17, 15) is 0 Å². The highest BCUT2D eigenvalue weighted by Crippen LogP contribution is 2.20. The molecular formula is C16H29N5S. The second-order valence-electron chi connectivity index (χ2n) is 5.82. The second-order valence-corrected chi connectivity index (χ2v) is 7.23. The third kappa shape index (κ3) is 4.66. The fourth-order valence-electron chi connectivity index (χ4n) is 2.82. The van der Waals surface area contributed by atoms with Gasteiger partial charge in [0.25, 0.3) is 0 Å². The molecule has 1 fully saturated rings. The maximum Gasteiger partial charge on any atom is 0.193 e. The van der Waals surface area contributed by atoms with Crippen LogP contribution in [0.5, 0.6) is 0 Å². The van der Waals surface area contributed by atoms with Gasteiger partial charge < -0.3 is 10.2 Å². The van der Waals surface area contributed by atoms with Crippen LogP contribution in [0.1, 0.15) is 31.2 Å². The molecule has 1 aliphatic heterocycles. The molecule has 0 spiro atoms. The molecule has 6 heteroatoms. The maximum absolute atomic E-state index is 4.50. The number of guanidine groups is 1. The number of thioether (sulfide) groups is 1. The number of hydrogen-bond donors (Lipinski definition) is 1. The highest BCUT2D eigenvalue weighted by atomic mass is 32.2. The van der Waals surface area contributed by atoms with E-state index in [1.165, 1.54) is 17.9 Å². The normalized spacial score (nSPS) is 19.5. The van der Waals surface area contributed by atoms with Crippen LogP contribution >= 0.6 is 11.8 Å². The van der Waals surface area contributed by atoms with E-state index in [4.69, 9.17) is 0 Å². The number of nitrogens with one attached hydrogen (secondary N) is 1. The first kappa shape index (κ1) is 17.2. The molecule has 0 radical (unpaired) electrons. The Labute approximate surface area is 138 Å². The molecule has 1 aliphatic rings. The van der Waals surface area contributed by atoms with Crippen molar-refractivity contribution < 1.29 is 0 Å². The average molecular weight is 324 g/mol. The van der Waals surface area contributed by atoms with E-state index in [0.29, 0.717) is 0 Å². The predicted octanol–water partition coefficient (Wildman–Crippen LogP) is 2.29. The lowest BCUT2D eigenvalue weighted by Gasteiger charge is -2.34. The molecule has 124 valence electrons. The van der Waals surface area contributed by atoms with E-state index < -0.39 is 0 Å². The van der Waals surface area contributed by atoms with E-state index >= 15 is 0 Å². The molecule has 2 heterocycles. The van der Waals surface area contributed by atoms with Crippen LogP contribution in [0.4, 0.5) is 0 Å². The third-order valence-electron chi connectivity index (χ3n) is 4.04. The summed E-state index contributed by atoms with van der Waals surface area (Å²) < 4.78 is 2.09.